The fraction of sp³-hybridized carbons (Fsp3) is 0.429. The third kappa shape index (κ3) is 1.17. The van der Waals surface area contributed by atoms with Crippen molar-refractivity contribution < 1.29 is 0 Å². The number of aromatic nitrogens is 1. The minimum absolute atomic E-state index is 0.585. The average molecular weight is 152 g/mol. The summed E-state index contributed by atoms with van der Waals surface area (Å²) in [6, 6.07) is 2.05. The highest BCUT2D eigenvalue weighted by molar-refractivity contribution is 7.11. The summed E-state index contributed by atoms with van der Waals surface area (Å²) in [4.78, 5) is 5.13. The Labute approximate surface area is 64.1 Å². The van der Waals surface area contributed by atoms with Gasteiger partial charge in [0.25, 0.3) is 0 Å². The second-order valence-corrected chi connectivity index (χ2v) is 3.27. The Morgan fingerprint density at radius 1 is 1.70 bits per heavy atom. The number of rotatable bonds is 1. The van der Waals surface area contributed by atoms with Gasteiger partial charge in [0.1, 0.15) is 6.07 Å². The molecule has 1 rings (SSSR count). The SMILES string of the molecule is CCc1nc(C#N)c(C)s1. The van der Waals surface area contributed by atoms with E-state index in [0.717, 1.165) is 16.3 Å². The van der Waals surface area contributed by atoms with Crippen molar-refractivity contribution >= 4 is 11.3 Å². The van der Waals surface area contributed by atoms with Crippen LogP contribution in [0.25, 0.3) is 0 Å². The van der Waals surface area contributed by atoms with Gasteiger partial charge in [0.2, 0.25) is 0 Å². The van der Waals surface area contributed by atoms with Crippen LogP contribution in [-0.4, -0.2) is 4.98 Å². The molecule has 0 saturated carbocycles. The second-order valence-electron chi connectivity index (χ2n) is 1.98. The summed E-state index contributed by atoms with van der Waals surface area (Å²) < 4.78 is 0. The molecule has 0 aliphatic rings. The first kappa shape index (κ1) is 7.23. The van der Waals surface area contributed by atoms with E-state index in [-0.39, 0.29) is 0 Å². The Hall–Kier alpha value is -0.880. The Kier molecular flexibility index (Phi) is 2.03. The summed E-state index contributed by atoms with van der Waals surface area (Å²) >= 11 is 1.61. The first-order chi connectivity index (χ1) is 4.77. The van der Waals surface area contributed by atoms with E-state index in [2.05, 4.69) is 4.98 Å². The average Bonchev–Trinajstić information content (AvgIpc) is 2.30. The van der Waals surface area contributed by atoms with E-state index in [1.165, 1.54) is 0 Å². The lowest BCUT2D eigenvalue weighted by Gasteiger charge is -1.78. The van der Waals surface area contributed by atoms with Gasteiger partial charge >= 0.3 is 0 Å². The zero-order valence-corrected chi connectivity index (χ0v) is 6.83. The van der Waals surface area contributed by atoms with E-state index >= 15 is 0 Å². The molecule has 0 bridgehead atoms. The molecule has 1 aromatic rings. The van der Waals surface area contributed by atoms with Crippen molar-refractivity contribution in [3.05, 3.63) is 15.6 Å². The number of aryl methyl sites for hydroxylation is 2. The first-order valence-corrected chi connectivity index (χ1v) is 3.96. The zero-order valence-electron chi connectivity index (χ0n) is 6.01. The second kappa shape index (κ2) is 2.80. The van der Waals surface area contributed by atoms with Crippen LogP contribution in [0.3, 0.4) is 0 Å². The predicted octanol–water partition coefficient (Wildman–Crippen LogP) is 1.89. The molecule has 0 atom stereocenters. The molecule has 3 heteroatoms. The van der Waals surface area contributed by atoms with Gasteiger partial charge in [0, 0.05) is 4.88 Å². The zero-order chi connectivity index (χ0) is 7.56. The molecule has 0 radical (unpaired) electrons. The molecular weight excluding hydrogens is 144 g/mol. The Morgan fingerprint density at radius 3 is 2.70 bits per heavy atom. The van der Waals surface area contributed by atoms with Gasteiger partial charge < -0.3 is 0 Å². The third-order valence-corrected chi connectivity index (χ3v) is 2.36. The maximum absolute atomic E-state index is 8.52. The molecule has 0 N–H and O–H groups in total. The largest absolute Gasteiger partial charge is 0.230 e. The molecular formula is C7H8N2S. The van der Waals surface area contributed by atoms with Crippen LogP contribution in [0.2, 0.25) is 0 Å². The molecule has 0 spiro atoms. The van der Waals surface area contributed by atoms with E-state index in [1.807, 2.05) is 19.9 Å². The molecule has 0 saturated heterocycles. The Balaban J connectivity index is 3.07. The van der Waals surface area contributed by atoms with Gasteiger partial charge in [-0.2, -0.15) is 5.26 Å². The molecule has 0 aromatic carbocycles. The van der Waals surface area contributed by atoms with E-state index in [0.29, 0.717) is 5.69 Å². The fourth-order valence-corrected chi connectivity index (χ4v) is 1.53. The van der Waals surface area contributed by atoms with Crippen LogP contribution in [0.1, 0.15) is 22.5 Å². The van der Waals surface area contributed by atoms with Crippen LogP contribution >= 0.6 is 11.3 Å². The number of hydrogen-bond donors (Lipinski definition) is 0. The minimum Gasteiger partial charge on any atom is -0.230 e. The molecule has 1 heterocycles. The summed E-state index contributed by atoms with van der Waals surface area (Å²) in [5, 5.41) is 9.57. The van der Waals surface area contributed by atoms with E-state index in [1.54, 1.807) is 11.3 Å². The summed E-state index contributed by atoms with van der Waals surface area (Å²) in [6.45, 7) is 3.97. The molecule has 1 aromatic heterocycles. The van der Waals surface area contributed by atoms with Crippen LogP contribution in [0, 0.1) is 18.3 Å². The van der Waals surface area contributed by atoms with Gasteiger partial charge in [-0.05, 0) is 13.3 Å². The summed E-state index contributed by atoms with van der Waals surface area (Å²) in [5.41, 5.74) is 0.585. The summed E-state index contributed by atoms with van der Waals surface area (Å²) in [5.74, 6) is 0. The normalized spacial score (nSPS) is 9.30. The molecule has 0 aliphatic carbocycles. The van der Waals surface area contributed by atoms with Crippen molar-refractivity contribution in [2.45, 2.75) is 20.3 Å². The van der Waals surface area contributed by atoms with E-state index in [4.69, 9.17) is 5.26 Å². The lowest BCUT2D eigenvalue weighted by atomic mass is 10.4. The van der Waals surface area contributed by atoms with Gasteiger partial charge in [0.15, 0.2) is 5.69 Å². The quantitative estimate of drug-likeness (QED) is 0.616. The topological polar surface area (TPSA) is 36.7 Å². The third-order valence-electron chi connectivity index (χ3n) is 1.25. The number of thiazole rings is 1. The van der Waals surface area contributed by atoms with Crippen molar-refractivity contribution in [2.24, 2.45) is 0 Å². The first-order valence-electron chi connectivity index (χ1n) is 3.14. The highest BCUT2D eigenvalue weighted by Gasteiger charge is 2.03. The van der Waals surface area contributed by atoms with Crippen LogP contribution < -0.4 is 0 Å². The van der Waals surface area contributed by atoms with Gasteiger partial charge in [-0.15, -0.1) is 11.3 Å². The van der Waals surface area contributed by atoms with Gasteiger partial charge in [-0.1, -0.05) is 6.92 Å². The molecule has 2 nitrogen and oxygen atoms in total. The predicted molar refractivity (Wildman–Crippen MR) is 40.9 cm³/mol. The fourth-order valence-electron chi connectivity index (χ4n) is 0.706. The molecule has 0 unspecified atom stereocenters. The Morgan fingerprint density at radius 2 is 2.40 bits per heavy atom. The van der Waals surface area contributed by atoms with Crippen LogP contribution in [0.5, 0.6) is 0 Å². The van der Waals surface area contributed by atoms with Crippen LogP contribution in [0.15, 0.2) is 0 Å². The lowest BCUT2D eigenvalue weighted by Crippen LogP contribution is -1.78. The van der Waals surface area contributed by atoms with Crippen LogP contribution in [-0.2, 0) is 6.42 Å². The van der Waals surface area contributed by atoms with Crippen molar-refractivity contribution in [3.63, 3.8) is 0 Å². The molecule has 0 fully saturated rings. The molecule has 52 valence electrons. The minimum atomic E-state index is 0.585. The Bertz CT molecular complexity index is 270. The smallest absolute Gasteiger partial charge is 0.154 e. The summed E-state index contributed by atoms with van der Waals surface area (Å²) in [6.07, 6.45) is 0.924. The highest BCUT2D eigenvalue weighted by atomic mass is 32.1. The lowest BCUT2D eigenvalue weighted by molar-refractivity contribution is 1.08. The highest BCUT2D eigenvalue weighted by Crippen LogP contribution is 2.16. The van der Waals surface area contributed by atoms with Crippen molar-refractivity contribution in [1.82, 2.24) is 4.98 Å². The number of nitrogens with zero attached hydrogens (tertiary/aromatic N) is 2. The van der Waals surface area contributed by atoms with E-state index in [9.17, 15) is 0 Å². The van der Waals surface area contributed by atoms with Crippen molar-refractivity contribution in [2.75, 3.05) is 0 Å². The van der Waals surface area contributed by atoms with Gasteiger partial charge in [0.05, 0.1) is 5.01 Å². The molecule has 10 heavy (non-hydrogen) atoms. The van der Waals surface area contributed by atoms with E-state index < -0.39 is 0 Å². The van der Waals surface area contributed by atoms with Crippen LogP contribution in [0.4, 0.5) is 0 Å². The number of nitriles is 1. The molecule has 0 aliphatic heterocycles. The standard InChI is InChI=1S/C7H8N2S/c1-3-7-9-6(4-8)5(2)10-7/h3H2,1-2H3. The molecule has 0 amide bonds. The van der Waals surface area contributed by atoms with Crippen molar-refractivity contribution in [3.8, 4) is 6.07 Å². The maximum Gasteiger partial charge on any atom is 0.154 e. The summed E-state index contributed by atoms with van der Waals surface area (Å²) in [7, 11) is 0. The van der Waals surface area contributed by atoms with Gasteiger partial charge in [-0.25, -0.2) is 4.98 Å². The van der Waals surface area contributed by atoms with Gasteiger partial charge in [-0.3, -0.25) is 0 Å². The maximum atomic E-state index is 8.52. The monoisotopic (exact) mass is 152 g/mol. The number of hydrogen-bond acceptors (Lipinski definition) is 3. The van der Waals surface area contributed by atoms with Crippen molar-refractivity contribution in [1.29, 1.82) is 5.26 Å².